The molecule has 0 radical (unpaired) electrons. The summed E-state index contributed by atoms with van der Waals surface area (Å²) in [6, 6.07) is 8.76. The van der Waals surface area contributed by atoms with Gasteiger partial charge in [-0.2, -0.15) is 0 Å². The van der Waals surface area contributed by atoms with Crippen molar-refractivity contribution in [2.45, 2.75) is 51.1 Å². The number of benzene rings is 1. The molecule has 1 aromatic carbocycles. The van der Waals surface area contributed by atoms with Crippen LogP contribution < -0.4 is 11.1 Å². The molecule has 0 aliphatic carbocycles. The summed E-state index contributed by atoms with van der Waals surface area (Å²) >= 11 is 0. The van der Waals surface area contributed by atoms with Crippen molar-refractivity contribution in [1.29, 1.82) is 0 Å². The Labute approximate surface area is 150 Å². The van der Waals surface area contributed by atoms with Crippen molar-refractivity contribution in [1.82, 2.24) is 10.2 Å². The van der Waals surface area contributed by atoms with E-state index < -0.39 is 0 Å². The monoisotopic (exact) mass is 353 g/mol. The number of amides is 2. The molecule has 6 heteroatoms. The van der Waals surface area contributed by atoms with Gasteiger partial charge in [0.1, 0.15) is 6.04 Å². The number of hydrogen-bond donors (Lipinski definition) is 2. The minimum atomic E-state index is -0.376. The van der Waals surface area contributed by atoms with Crippen molar-refractivity contribution in [3.05, 3.63) is 35.9 Å². The van der Waals surface area contributed by atoms with Gasteiger partial charge in [-0.15, -0.1) is 12.4 Å². The maximum absolute atomic E-state index is 12.6. The van der Waals surface area contributed by atoms with Crippen molar-refractivity contribution >= 4 is 24.2 Å². The zero-order chi connectivity index (χ0) is 16.7. The third-order valence-corrected chi connectivity index (χ3v) is 4.37. The van der Waals surface area contributed by atoms with E-state index in [1.807, 2.05) is 18.2 Å². The highest BCUT2D eigenvalue weighted by Gasteiger charge is 2.35. The van der Waals surface area contributed by atoms with Crippen LogP contribution >= 0.6 is 12.4 Å². The van der Waals surface area contributed by atoms with Gasteiger partial charge in [-0.25, -0.2) is 0 Å². The van der Waals surface area contributed by atoms with Gasteiger partial charge in [0, 0.05) is 24.7 Å². The Hall–Kier alpha value is -1.59. The number of carbonyl (C=O) groups excluding carboxylic acids is 2. The highest BCUT2D eigenvalue weighted by molar-refractivity contribution is 5.98. The fraction of sp³-hybridized carbons (Fsp3) is 0.556. The summed E-state index contributed by atoms with van der Waals surface area (Å²) in [4.78, 5) is 26.9. The first-order valence-electron chi connectivity index (χ1n) is 8.53. The lowest BCUT2D eigenvalue weighted by atomic mass is 10.1. The van der Waals surface area contributed by atoms with Gasteiger partial charge in [0.25, 0.3) is 5.91 Å². The molecule has 2 amide bonds. The average molecular weight is 354 g/mol. The van der Waals surface area contributed by atoms with Gasteiger partial charge in [-0.05, 0) is 31.4 Å². The Kier molecular flexibility index (Phi) is 8.79. The minimum Gasteiger partial charge on any atom is -0.350 e. The quantitative estimate of drug-likeness (QED) is 0.790. The molecule has 2 rings (SSSR count). The van der Waals surface area contributed by atoms with Gasteiger partial charge >= 0.3 is 0 Å². The lowest BCUT2D eigenvalue weighted by Gasteiger charge is -2.26. The van der Waals surface area contributed by atoms with Crippen molar-refractivity contribution in [2.24, 2.45) is 5.73 Å². The predicted molar refractivity (Wildman–Crippen MR) is 98.3 cm³/mol. The molecule has 0 spiro atoms. The van der Waals surface area contributed by atoms with Crippen LogP contribution in [-0.2, 0) is 4.79 Å². The van der Waals surface area contributed by atoms with Gasteiger partial charge in [0.2, 0.25) is 5.91 Å². The fourth-order valence-corrected chi connectivity index (χ4v) is 3.03. The van der Waals surface area contributed by atoms with E-state index in [4.69, 9.17) is 5.73 Å². The number of nitrogens with two attached hydrogens (primary N) is 1. The summed E-state index contributed by atoms with van der Waals surface area (Å²) in [5.74, 6) is -0.139. The summed E-state index contributed by atoms with van der Waals surface area (Å²) in [5.41, 5.74) is 6.38. The molecular weight excluding hydrogens is 326 g/mol. The molecule has 0 saturated carbocycles. The number of likely N-dealkylation sites (tertiary alicyclic amines) is 1. The van der Waals surface area contributed by atoms with E-state index in [1.54, 1.807) is 17.0 Å². The van der Waals surface area contributed by atoms with E-state index in [0.29, 0.717) is 18.7 Å². The molecule has 24 heavy (non-hydrogen) atoms. The first kappa shape index (κ1) is 20.5. The SMILES string of the molecule is CCCCC(CN)NC(=O)C1CCCN1C(=O)c1ccccc1.Cl. The van der Waals surface area contributed by atoms with Crippen LogP contribution in [0, 0.1) is 0 Å². The molecule has 5 nitrogen and oxygen atoms in total. The van der Waals surface area contributed by atoms with Gasteiger partial charge in [-0.1, -0.05) is 38.0 Å². The second-order valence-electron chi connectivity index (χ2n) is 6.11. The molecule has 1 aromatic rings. The summed E-state index contributed by atoms with van der Waals surface area (Å²) < 4.78 is 0. The Balaban J connectivity index is 0.00000288. The lowest BCUT2D eigenvalue weighted by Crippen LogP contribution is -2.50. The standard InChI is InChI=1S/C18H27N3O2.ClH/c1-2-3-10-15(13-19)20-17(22)16-11-7-12-21(16)18(23)14-8-5-4-6-9-14;/h4-6,8-9,15-16H,2-3,7,10-13,19H2,1H3,(H,20,22);1H. The molecule has 0 bridgehead atoms. The van der Waals surface area contributed by atoms with Gasteiger partial charge in [0.05, 0.1) is 0 Å². The molecular formula is C18H28ClN3O2. The second-order valence-corrected chi connectivity index (χ2v) is 6.11. The minimum absolute atomic E-state index is 0. The topological polar surface area (TPSA) is 75.4 Å². The number of hydrogen-bond acceptors (Lipinski definition) is 3. The Morgan fingerprint density at radius 1 is 1.33 bits per heavy atom. The number of halogens is 1. The normalized spacial score (nSPS) is 17.9. The molecule has 1 aliphatic heterocycles. The third kappa shape index (κ3) is 5.21. The van der Waals surface area contributed by atoms with E-state index in [1.165, 1.54) is 0 Å². The predicted octanol–water partition coefficient (Wildman–Crippen LogP) is 2.35. The van der Waals surface area contributed by atoms with E-state index in [2.05, 4.69) is 12.2 Å². The van der Waals surface area contributed by atoms with Gasteiger partial charge < -0.3 is 16.0 Å². The molecule has 1 aliphatic rings. The molecule has 0 aromatic heterocycles. The largest absolute Gasteiger partial charge is 0.350 e. The van der Waals surface area contributed by atoms with Crippen LogP contribution in [0.4, 0.5) is 0 Å². The van der Waals surface area contributed by atoms with Crippen molar-refractivity contribution in [2.75, 3.05) is 13.1 Å². The van der Waals surface area contributed by atoms with Gasteiger partial charge in [-0.3, -0.25) is 9.59 Å². The third-order valence-electron chi connectivity index (χ3n) is 4.37. The number of carbonyl (C=O) groups is 2. The van der Waals surface area contributed by atoms with Crippen molar-refractivity contribution in [3.8, 4) is 0 Å². The maximum Gasteiger partial charge on any atom is 0.254 e. The lowest BCUT2D eigenvalue weighted by molar-refractivity contribution is -0.125. The summed E-state index contributed by atoms with van der Waals surface area (Å²) in [6.45, 7) is 3.19. The van der Waals surface area contributed by atoms with E-state index in [-0.39, 0.29) is 36.3 Å². The van der Waals surface area contributed by atoms with Crippen LogP contribution in [0.3, 0.4) is 0 Å². The molecule has 2 atom stereocenters. The summed E-state index contributed by atoms with van der Waals surface area (Å²) in [6.07, 6.45) is 4.58. The fourth-order valence-electron chi connectivity index (χ4n) is 3.03. The van der Waals surface area contributed by atoms with E-state index in [0.717, 1.165) is 32.1 Å². The molecule has 1 heterocycles. The average Bonchev–Trinajstić information content (AvgIpc) is 3.08. The Morgan fingerprint density at radius 2 is 2.04 bits per heavy atom. The highest BCUT2D eigenvalue weighted by atomic mass is 35.5. The maximum atomic E-state index is 12.6. The smallest absolute Gasteiger partial charge is 0.254 e. The van der Waals surface area contributed by atoms with Crippen LogP contribution in [-0.4, -0.2) is 41.9 Å². The van der Waals surface area contributed by atoms with Crippen LogP contribution in [0.1, 0.15) is 49.4 Å². The molecule has 2 unspecified atom stereocenters. The van der Waals surface area contributed by atoms with Crippen LogP contribution in [0.2, 0.25) is 0 Å². The number of unbranched alkanes of at least 4 members (excludes halogenated alkanes) is 1. The zero-order valence-electron chi connectivity index (χ0n) is 14.2. The molecule has 134 valence electrons. The first-order chi connectivity index (χ1) is 11.2. The van der Waals surface area contributed by atoms with E-state index in [9.17, 15) is 9.59 Å². The number of nitrogens with one attached hydrogen (secondary N) is 1. The van der Waals surface area contributed by atoms with Gasteiger partial charge in [0.15, 0.2) is 0 Å². The van der Waals surface area contributed by atoms with Crippen molar-refractivity contribution in [3.63, 3.8) is 0 Å². The second kappa shape index (κ2) is 10.3. The van der Waals surface area contributed by atoms with Crippen LogP contribution in [0.25, 0.3) is 0 Å². The molecule has 1 saturated heterocycles. The summed E-state index contributed by atoms with van der Waals surface area (Å²) in [7, 11) is 0. The molecule has 3 N–H and O–H groups in total. The zero-order valence-corrected chi connectivity index (χ0v) is 15.1. The molecule has 1 fully saturated rings. The Bertz CT molecular complexity index is 524. The van der Waals surface area contributed by atoms with Crippen LogP contribution in [0.5, 0.6) is 0 Å². The highest BCUT2D eigenvalue weighted by Crippen LogP contribution is 2.20. The van der Waals surface area contributed by atoms with Crippen molar-refractivity contribution < 1.29 is 9.59 Å². The number of nitrogens with zero attached hydrogens (tertiary/aromatic N) is 1. The number of rotatable bonds is 7. The first-order valence-corrected chi connectivity index (χ1v) is 8.53. The van der Waals surface area contributed by atoms with Crippen LogP contribution in [0.15, 0.2) is 30.3 Å². The van der Waals surface area contributed by atoms with E-state index >= 15 is 0 Å². The Morgan fingerprint density at radius 3 is 2.67 bits per heavy atom. The summed E-state index contributed by atoms with van der Waals surface area (Å²) in [5, 5.41) is 3.02.